The second kappa shape index (κ2) is 24.3. The van der Waals surface area contributed by atoms with E-state index in [4.69, 9.17) is 28.4 Å². The Morgan fingerprint density at radius 3 is 2.16 bits per heavy atom. The van der Waals surface area contributed by atoms with Gasteiger partial charge in [0, 0.05) is 58.4 Å². The molecule has 3 fully saturated rings. The lowest BCUT2D eigenvalue weighted by Gasteiger charge is -2.53. The molecule has 3 heterocycles. The maximum Gasteiger partial charge on any atom is 0.324 e. The van der Waals surface area contributed by atoms with Gasteiger partial charge in [0.25, 0.3) is 0 Å². The first-order chi connectivity index (χ1) is 31.7. The zero-order valence-electron chi connectivity index (χ0n) is 43.9. The van der Waals surface area contributed by atoms with Crippen LogP contribution in [0, 0.1) is 17.8 Å². The van der Waals surface area contributed by atoms with Gasteiger partial charge in [0.1, 0.15) is 35.1 Å². The van der Waals surface area contributed by atoms with Crippen LogP contribution >= 0.6 is 0 Å². The predicted octanol–water partition coefficient (Wildman–Crippen LogP) is 4.68. The Balaban J connectivity index is 1.84. The minimum absolute atomic E-state index is 0.0488. The number of urea groups is 1. The fourth-order valence-electron chi connectivity index (χ4n) is 11.0. The van der Waals surface area contributed by atoms with Gasteiger partial charge in [-0.3, -0.25) is 14.6 Å². The van der Waals surface area contributed by atoms with Crippen LogP contribution in [0.5, 0.6) is 0 Å². The number of esters is 1. The summed E-state index contributed by atoms with van der Waals surface area (Å²) in [6.07, 6.45) is -7.56. The van der Waals surface area contributed by atoms with Crippen LogP contribution in [0.15, 0.2) is 30.3 Å². The molecule has 392 valence electrons. The summed E-state index contributed by atoms with van der Waals surface area (Å²) in [5.74, 6) is -2.94. The third kappa shape index (κ3) is 12.9. The molecule has 17 nitrogen and oxygen atoms in total. The molecule has 68 heavy (non-hydrogen) atoms. The van der Waals surface area contributed by atoms with Crippen molar-refractivity contribution < 1.29 is 63.5 Å². The van der Waals surface area contributed by atoms with Crippen molar-refractivity contribution >= 4 is 17.7 Å². The maximum atomic E-state index is 14.7. The highest BCUT2D eigenvalue weighted by atomic mass is 16.7. The number of rotatable bonds is 14. The van der Waals surface area contributed by atoms with E-state index in [1.807, 2.05) is 65.0 Å². The topological polar surface area (TPSA) is 212 Å². The van der Waals surface area contributed by atoms with E-state index in [-0.39, 0.29) is 37.8 Å². The van der Waals surface area contributed by atoms with Crippen LogP contribution in [-0.4, -0.2) is 185 Å². The molecule has 0 aromatic heterocycles. The summed E-state index contributed by atoms with van der Waals surface area (Å²) >= 11 is 0. The number of hydrogen-bond acceptors (Lipinski definition) is 15. The zero-order chi connectivity index (χ0) is 51.1. The number of anilines is 1. The number of carbonyl (C=O) groups is 2. The number of para-hydroxylation sites is 1. The summed E-state index contributed by atoms with van der Waals surface area (Å²) in [6, 6.07) is 7.51. The van der Waals surface area contributed by atoms with Crippen molar-refractivity contribution in [3.8, 4) is 0 Å². The van der Waals surface area contributed by atoms with Crippen LogP contribution in [0.2, 0.25) is 0 Å². The molecular weight excluding hydrogens is 877 g/mol. The molecule has 0 unspecified atom stereocenters. The molecule has 0 bridgehead atoms. The average Bonchev–Trinajstić information content (AvgIpc) is 3.29. The highest BCUT2D eigenvalue weighted by Gasteiger charge is 2.58. The normalized spacial score (nSPS) is 41.6. The Bertz CT molecular complexity index is 1730. The van der Waals surface area contributed by atoms with Crippen molar-refractivity contribution in [2.24, 2.45) is 17.8 Å². The van der Waals surface area contributed by atoms with E-state index in [1.54, 1.807) is 55.6 Å². The molecule has 2 amide bonds. The lowest BCUT2D eigenvalue weighted by atomic mass is 9.75. The van der Waals surface area contributed by atoms with Gasteiger partial charge in [-0.15, -0.1) is 0 Å². The van der Waals surface area contributed by atoms with Crippen molar-refractivity contribution in [2.75, 3.05) is 52.3 Å². The van der Waals surface area contributed by atoms with E-state index in [0.717, 1.165) is 12.8 Å². The molecular formula is C51H90N4O13. The van der Waals surface area contributed by atoms with Crippen LogP contribution in [0.25, 0.3) is 0 Å². The number of benzene rings is 1. The molecule has 3 saturated heterocycles. The van der Waals surface area contributed by atoms with Gasteiger partial charge in [0.05, 0.1) is 42.0 Å². The van der Waals surface area contributed by atoms with Crippen LogP contribution in [0.1, 0.15) is 122 Å². The molecule has 1 aromatic rings. The summed E-state index contributed by atoms with van der Waals surface area (Å²) in [4.78, 5) is 33.7. The SMILES string of the molecule is CCCNC[C@]1(O)[C@H](C)O[C@@H](O[C@H]2[C@H](C)[C@@H](O[C@@H]3O[C@H](C)C[C@H](N(C)C(=O)N(C)c4ccccc4)[C@H]3O)[C@](C)(O)C[C@@H](C)CN(CCC)[C@H](C)[C@@H](O)[C@](C)(O)[C@@H](CC)OC(=O)[C@@H]2C)C[C@@]1(C)OC. The van der Waals surface area contributed by atoms with Crippen LogP contribution < -0.4 is 10.2 Å². The van der Waals surface area contributed by atoms with E-state index in [2.05, 4.69) is 10.2 Å². The van der Waals surface area contributed by atoms with Gasteiger partial charge in [-0.25, -0.2) is 4.79 Å². The average molecular weight is 967 g/mol. The van der Waals surface area contributed by atoms with E-state index in [9.17, 15) is 35.1 Å². The molecule has 0 aliphatic carbocycles. The minimum Gasteiger partial charge on any atom is -0.459 e. The van der Waals surface area contributed by atoms with Crippen molar-refractivity contribution in [1.29, 1.82) is 0 Å². The number of aliphatic hydroxyl groups is 5. The van der Waals surface area contributed by atoms with Crippen LogP contribution in [-0.2, 0) is 33.2 Å². The van der Waals surface area contributed by atoms with Crippen molar-refractivity contribution in [2.45, 2.75) is 211 Å². The monoisotopic (exact) mass is 967 g/mol. The number of nitrogens with one attached hydrogen (secondary N) is 1. The number of likely N-dealkylation sites (N-methyl/N-ethyl adjacent to an activating group) is 1. The smallest absolute Gasteiger partial charge is 0.324 e. The number of cyclic esters (lactones) is 1. The molecule has 0 radical (unpaired) electrons. The molecule has 1 aromatic carbocycles. The number of carbonyl (C=O) groups excluding carboxylic acids is 2. The Hall–Kier alpha value is -2.52. The van der Waals surface area contributed by atoms with E-state index < -0.39 is 108 Å². The van der Waals surface area contributed by atoms with E-state index >= 15 is 0 Å². The number of hydrogen-bond donors (Lipinski definition) is 6. The summed E-state index contributed by atoms with van der Waals surface area (Å²) in [5, 5.41) is 64.6. The Labute approximate surface area is 407 Å². The summed E-state index contributed by atoms with van der Waals surface area (Å²) < 4.78 is 39.0. The largest absolute Gasteiger partial charge is 0.459 e. The molecule has 18 atom stereocenters. The van der Waals surface area contributed by atoms with Gasteiger partial charge in [-0.2, -0.15) is 0 Å². The first-order valence-corrected chi connectivity index (χ1v) is 25.2. The molecule has 6 N–H and O–H groups in total. The first-order valence-electron chi connectivity index (χ1n) is 25.2. The van der Waals surface area contributed by atoms with Gasteiger partial charge in [0.15, 0.2) is 12.6 Å². The number of ether oxygens (including phenoxy) is 6. The van der Waals surface area contributed by atoms with Gasteiger partial charge in [0.2, 0.25) is 0 Å². The van der Waals surface area contributed by atoms with Crippen molar-refractivity contribution in [3.63, 3.8) is 0 Å². The summed E-state index contributed by atoms with van der Waals surface area (Å²) in [5.41, 5.74) is -5.54. The number of methoxy groups -OCH3 is 1. The highest BCUT2D eigenvalue weighted by Crippen LogP contribution is 2.43. The molecule has 0 spiro atoms. The van der Waals surface area contributed by atoms with E-state index in [1.165, 1.54) is 23.8 Å². The Kier molecular flexibility index (Phi) is 20.7. The lowest BCUT2D eigenvalue weighted by molar-refractivity contribution is -0.336. The first kappa shape index (κ1) is 58.1. The highest BCUT2D eigenvalue weighted by molar-refractivity contribution is 5.91. The molecule has 4 rings (SSSR count). The predicted molar refractivity (Wildman–Crippen MR) is 260 cm³/mol. The van der Waals surface area contributed by atoms with Gasteiger partial charge < -0.3 is 64.2 Å². The maximum absolute atomic E-state index is 14.7. The summed E-state index contributed by atoms with van der Waals surface area (Å²) in [6.45, 7) is 23.5. The molecule has 17 heteroatoms. The molecule has 0 saturated carbocycles. The van der Waals surface area contributed by atoms with Crippen LogP contribution in [0.4, 0.5) is 10.5 Å². The zero-order valence-corrected chi connectivity index (χ0v) is 43.9. The fraction of sp³-hybridized carbons (Fsp3) is 0.843. The van der Waals surface area contributed by atoms with Gasteiger partial charge in [-0.05, 0) is 112 Å². The van der Waals surface area contributed by atoms with Gasteiger partial charge in [-0.1, -0.05) is 52.8 Å². The third-order valence-corrected chi connectivity index (χ3v) is 15.4. The summed E-state index contributed by atoms with van der Waals surface area (Å²) in [7, 11) is 4.83. The second-order valence-electron chi connectivity index (χ2n) is 21.1. The number of amides is 2. The standard InChI is InChI=1S/C51H90N4O13/c1-16-24-52-30-51(62)36(9)65-40(28-49(51,11)63-15)67-42-33(6)44(68-46-41(56)38(26-32(5)64-46)54(14)47(59)53(13)37-22-20-19-21-23-37)48(10,60)27-31(4)29-55(25-17-2)35(8)43(57)50(12,61)39(18-3)66-45(58)34(42)7/h19-23,31-36,38-44,46,52,56-57,60-62H,16-18,24-30H2,1-15H3/t31-,32-,33+,34-,35-,36+,38+,39-,40+,41-,42+,43-,44-,46+,48-,49-,50-,51+/m1/s1. The Morgan fingerprint density at radius 2 is 1.57 bits per heavy atom. The van der Waals surface area contributed by atoms with Crippen molar-refractivity contribution in [3.05, 3.63) is 30.3 Å². The third-order valence-electron chi connectivity index (χ3n) is 15.4. The lowest BCUT2D eigenvalue weighted by Crippen LogP contribution is -2.70. The number of nitrogens with zero attached hydrogens (tertiary/aromatic N) is 3. The molecule has 3 aliphatic heterocycles. The number of aliphatic hydroxyl groups excluding tert-OH is 2. The minimum atomic E-state index is -1.86. The molecule has 3 aliphatic rings. The quantitative estimate of drug-likeness (QED) is 0.110. The van der Waals surface area contributed by atoms with E-state index in [0.29, 0.717) is 31.7 Å². The van der Waals surface area contributed by atoms with Gasteiger partial charge >= 0.3 is 12.0 Å². The van der Waals surface area contributed by atoms with Crippen molar-refractivity contribution in [1.82, 2.24) is 15.1 Å². The Morgan fingerprint density at radius 1 is 0.926 bits per heavy atom. The second-order valence-corrected chi connectivity index (χ2v) is 21.1. The fourth-order valence-corrected chi connectivity index (χ4v) is 11.0. The van der Waals surface area contributed by atoms with Crippen LogP contribution in [0.3, 0.4) is 0 Å².